The fraction of sp³-hybridized carbons (Fsp3) is 0.375. The maximum atomic E-state index is 13.5. The first kappa shape index (κ1) is 21.4. The number of nitrogens with zero attached hydrogens (tertiary/aromatic N) is 3. The van der Waals surface area contributed by atoms with E-state index in [-0.39, 0.29) is 17.2 Å². The zero-order valence-electron chi connectivity index (χ0n) is 18.3. The summed E-state index contributed by atoms with van der Waals surface area (Å²) in [6.07, 6.45) is 3.67. The molecule has 1 aliphatic rings. The van der Waals surface area contributed by atoms with E-state index in [0.29, 0.717) is 0 Å². The van der Waals surface area contributed by atoms with Crippen molar-refractivity contribution in [2.75, 3.05) is 10.7 Å². The van der Waals surface area contributed by atoms with E-state index >= 15 is 0 Å². The highest BCUT2D eigenvalue weighted by Gasteiger charge is 2.37. The Morgan fingerprint density at radius 3 is 2.55 bits per heavy atom. The van der Waals surface area contributed by atoms with Crippen LogP contribution in [0.1, 0.15) is 55.7 Å². The highest BCUT2D eigenvalue weighted by molar-refractivity contribution is 8.00. The molecular formula is C24H29N5OS. The molecule has 0 bridgehead atoms. The summed E-state index contributed by atoms with van der Waals surface area (Å²) in [5.41, 5.74) is 7.89. The first-order chi connectivity index (χ1) is 15.1. The largest absolute Gasteiger partial charge is 0.325 e. The average molecular weight is 436 g/mol. The minimum Gasteiger partial charge on any atom is -0.325 e. The number of hydrogen-bond donors (Lipinski definition) is 2. The molecule has 0 saturated heterocycles. The van der Waals surface area contributed by atoms with E-state index in [1.54, 1.807) is 0 Å². The van der Waals surface area contributed by atoms with Crippen LogP contribution >= 0.6 is 11.8 Å². The predicted octanol–water partition coefficient (Wildman–Crippen LogP) is 4.75. The normalized spacial score (nSPS) is 17.6. The Balaban J connectivity index is 1.67. The van der Waals surface area contributed by atoms with Crippen LogP contribution in [0.5, 0.6) is 0 Å². The summed E-state index contributed by atoms with van der Waals surface area (Å²) < 4.78 is 1.95. The molecular weight excluding hydrogens is 406 g/mol. The monoisotopic (exact) mass is 435 g/mol. The quantitative estimate of drug-likeness (QED) is 0.560. The standard InChI is InChI=1S/C24H29N5OS/c1-4-9-20-26-27-24-29(20)28-21(18-14-12-16(5-2)13-15-18)22(31-24)23(30)25-19-11-8-7-10-17(19)6-3/h7-8,10-15,21-22,28H,4-6,9H2,1-3H3,(H,25,30)/t21-,22+/m1/s1. The van der Waals surface area contributed by atoms with Gasteiger partial charge in [-0.3, -0.25) is 4.79 Å². The van der Waals surface area contributed by atoms with Crippen LogP contribution in [0.25, 0.3) is 0 Å². The molecule has 2 heterocycles. The number of para-hydroxylation sites is 1. The molecule has 3 aromatic rings. The lowest BCUT2D eigenvalue weighted by Gasteiger charge is -2.33. The molecule has 7 heteroatoms. The van der Waals surface area contributed by atoms with Gasteiger partial charge in [0.1, 0.15) is 5.25 Å². The van der Waals surface area contributed by atoms with Gasteiger partial charge >= 0.3 is 0 Å². The molecule has 1 amide bonds. The average Bonchev–Trinajstić information content (AvgIpc) is 3.20. The Hall–Kier alpha value is -2.80. The molecule has 0 fully saturated rings. The van der Waals surface area contributed by atoms with Crippen LogP contribution in [0.4, 0.5) is 5.69 Å². The van der Waals surface area contributed by atoms with Gasteiger partial charge in [-0.1, -0.05) is 75.0 Å². The summed E-state index contributed by atoms with van der Waals surface area (Å²) >= 11 is 1.47. The highest BCUT2D eigenvalue weighted by atomic mass is 32.2. The zero-order valence-corrected chi connectivity index (χ0v) is 19.1. The summed E-state index contributed by atoms with van der Waals surface area (Å²) in [7, 11) is 0. The number of carbonyl (C=O) groups is 1. The molecule has 0 radical (unpaired) electrons. The number of rotatable bonds is 7. The van der Waals surface area contributed by atoms with Crippen LogP contribution in [0.3, 0.4) is 0 Å². The van der Waals surface area contributed by atoms with Gasteiger partial charge in [-0.25, -0.2) is 4.68 Å². The van der Waals surface area contributed by atoms with Crippen LogP contribution in [0, 0.1) is 0 Å². The summed E-state index contributed by atoms with van der Waals surface area (Å²) in [5, 5.41) is 12.2. The van der Waals surface area contributed by atoms with Crippen molar-refractivity contribution in [3.8, 4) is 0 Å². The summed E-state index contributed by atoms with van der Waals surface area (Å²) in [4.78, 5) is 13.5. The Bertz CT molecular complexity index is 1050. The van der Waals surface area contributed by atoms with Crippen molar-refractivity contribution in [2.24, 2.45) is 0 Å². The lowest BCUT2D eigenvalue weighted by Crippen LogP contribution is -2.41. The number of aromatic nitrogens is 3. The zero-order chi connectivity index (χ0) is 21.8. The molecule has 2 atom stereocenters. The number of benzene rings is 2. The second-order valence-electron chi connectivity index (χ2n) is 7.72. The molecule has 0 saturated carbocycles. The number of thioether (sulfide) groups is 1. The Morgan fingerprint density at radius 2 is 1.84 bits per heavy atom. The van der Waals surface area contributed by atoms with Crippen LogP contribution < -0.4 is 10.7 Å². The van der Waals surface area contributed by atoms with Crippen molar-refractivity contribution in [1.29, 1.82) is 0 Å². The van der Waals surface area contributed by atoms with Gasteiger partial charge in [0, 0.05) is 12.1 Å². The van der Waals surface area contributed by atoms with Gasteiger partial charge in [-0.2, -0.15) is 0 Å². The van der Waals surface area contributed by atoms with E-state index in [2.05, 4.69) is 72.0 Å². The first-order valence-corrected chi connectivity index (χ1v) is 11.9. The predicted molar refractivity (Wildman–Crippen MR) is 126 cm³/mol. The number of aryl methyl sites for hydroxylation is 3. The lowest BCUT2D eigenvalue weighted by atomic mass is 10.0. The van der Waals surface area contributed by atoms with E-state index in [9.17, 15) is 4.79 Å². The fourth-order valence-electron chi connectivity index (χ4n) is 3.85. The Labute approximate surface area is 187 Å². The molecule has 1 aromatic heterocycles. The summed E-state index contributed by atoms with van der Waals surface area (Å²) in [6, 6.07) is 16.3. The van der Waals surface area contributed by atoms with Crippen molar-refractivity contribution in [3.63, 3.8) is 0 Å². The molecule has 2 aromatic carbocycles. The van der Waals surface area contributed by atoms with E-state index < -0.39 is 0 Å². The molecule has 31 heavy (non-hydrogen) atoms. The third-order valence-corrected chi connectivity index (χ3v) is 6.85. The molecule has 1 aliphatic heterocycles. The van der Waals surface area contributed by atoms with Gasteiger partial charge in [0.15, 0.2) is 5.82 Å². The van der Waals surface area contributed by atoms with Gasteiger partial charge in [0.25, 0.3) is 0 Å². The van der Waals surface area contributed by atoms with Gasteiger partial charge in [-0.15, -0.1) is 10.2 Å². The highest BCUT2D eigenvalue weighted by Crippen LogP contribution is 2.38. The number of nitrogens with one attached hydrogen (secondary N) is 2. The maximum absolute atomic E-state index is 13.5. The Kier molecular flexibility index (Phi) is 6.61. The minimum absolute atomic E-state index is 0.0331. The van der Waals surface area contributed by atoms with Crippen molar-refractivity contribution in [1.82, 2.24) is 14.9 Å². The summed E-state index contributed by atoms with van der Waals surface area (Å²) in [6.45, 7) is 6.36. The third-order valence-electron chi connectivity index (χ3n) is 5.64. The Morgan fingerprint density at radius 1 is 1.06 bits per heavy atom. The summed E-state index contributed by atoms with van der Waals surface area (Å²) in [5.74, 6) is 0.865. The molecule has 0 unspecified atom stereocenters. The van der Waals surface area contributed by atoms with Crippen LogP contribution in [0.2, 0.25) is 0 Å². The lowest BCUT2D eigenvalue weighted by molar-refractivity contribution is -0.116. The molecule has 0 spiro atoms. The minimum atomic E-state index is -0.372. The number of hydrogen-bond acceptors (Lipinski definition) is 5. The number of amides is 1. The molecule has 162 valence electrons. The molecule has 6 nitrogen and oxygen atoms in total. The van der Waals surface area contributed by atoms with Crippen molar-refractivity contribution >= 4 is 23.4 Å². The second-order valence-corrected chi connectivity index (χ2v) is 8.83. The van der Waals surface area contributed by atoms with Gasteiger partial charge < -0.3 is 10.7 Å². The van der Waals surface area contributed by atoms with Crippen molar-refractivity contribution < 1.29 is 4.79 Å². The van der Waals surface area contributed by atoms with Crippen LogP contribution in [-0.4, -0.2) is 26.0 Å². The third kappa shape index (κ3) is 4.46. The molecule has 4 rings (SSSR count). The number of fused-ring (bicyclic) bond motifs is 1. The van der Waals surface area contributed by atoms with Crippen molar-refractivity contribution in [3.05, 3.63) is 71.0 Å². The van der Waals surface area contributed by atoms with Crippen molar-refractivity contribution in [2.45, 2.75) is 62.9 Å². The molecule has 0 aliphatic carbocycles. The molecule has 2 N–H and O–H groups in total. The maximum Gasteiger partial charge on any atom is 0.240 e. The number of carbonyl (C=O) groups excluding carboxylic acids is 1. The number of anilines is 1. The van der Waals surface area contributed by atoms with Gasteiger partial charge in [0.2, 0.25) is 11.1 Å². The smallest absolute Gasteiger partial charge is 0.240 e. The first-order valence-electron chi connectivity index (χ1n) is 11.0. The second kappa shape index (κ2) is 9.56. The SMILES string of the molecule is CCCc1nnc2n1N[C@H](c1ccc(CC)cc1)[C@@H](C(=O)Nc1ccccc1CC)S2. The van der Waals surface area contributed by atoms with E-state index in [4.69, 9.17) is 0 Å². The van der Waals surface area contributed by atoms with Crippen LogP contribution in [-0.2, 0) is 24.1 Å². The van der Waals surface area contributed by atoms with Crippen LogP contribution in [0.15, 0.2) is 53.7 Å². The topological polar surface area (TPSA) is 71.8 Å². The fourth-order valence-corrected chi connectivity index (χ4v) is 4.95. The van der Waals surface area contributed by atoms with E-state index in [1.165, 1.54) is 17.3 Å². The van der Waals surface area contributed by atoms with Gasteiger partial charge in [0.05, 0.1) is 6.04 Å². The van der Waals surface area contributed by atoms with E-state index in [1.807, 2.05) is 22.9 Å². The van der Waals surface area contributed by atoms with Gasteiger partial charge in [-0.05, 0) is 42.0 Å². The van der Waals surface area contributed by atoms with E-state index in [0.717, 1.165) is 53.5 Å².